The van der Waals surface area contributed by atoms with Crippen molar-refractivity contribution >= 4 is 28.0 Å². The zero-order valence-electron chi connectivity index (χ0n) is 22.4. The lowest BCUT2D eigenvalue weighted by molar-refractivity contribution is -0.701. The molecule has 0 bridgehead atoms. The Balaban J connectivity index is 0.000000225. The quantitative estimate of drug-likeness (QED) is 0.222. The molecule has 37 heavy (non-hydrogen) atoms. The minimum atomic E-state index is -1.22. The van der Waals surface area contributed by atoms with E-state index in [0.29, 0.717) is 0 Å². The Morgan fingerprint density at radius 2 is 0.838 bits per heavy atom. The number of benzene rings is 4. The predicted octanol–water partition coefficient (Wildman–Crippen LogP) is 5.18. The van der Waals surface area contributed by atoms with Gasteiger partial charge >= 0.3 is 0 Å². The SMILES string of the molecule is CCc1ccc[n+](CC)c1CC.c1ccc([B-](c2ccccc2)(c2ccccc2)c2ccccc2)cc1. The highest BCUT2D eigenvalue weighted by Crippen LogP contribution is 2.09. The standard InChI is InChI=1S/C24H20B.C11H18N/c1-5-13-21(14-6-1)25(22-15-7-2-8-16-22,23-17-9-3-10-18-23)24-19-11-4-12-20-24;1-4-10-8-7-9-12(6-3)11(10)5-2/h1-20H;7-9H,4-6H2,1-3H3/q-1;+1. The van der Waals surface area contributed by atoms with Gasteiger partial charge in [-0.15, -0.1) is 0 Å². The highest BCUT2D eigenvalue weighted by molar-refractivity contribution is 7.19. The number of rotatable bonds is 7. The zero-order chi connectivity index (χ0) is 25.9. The van der Waals surface area contributed by atoms with Crippen molar-refractivity contribution < 1.29 is 4.57 Å². The van der Waals surface area contributed by atoms with Crippen molar-refractivity contribution in [2.24, 2.45) is 0 Å². The van der Waals surface area contributed by atoms with Crippen LogP contribution in [0.15, 0.2) is 140 Å². The van der Waals surface area contributed by atoms with Crippen LogP contribution in [0.4, 0.5) is 0 Å². The highest BCUT2D eigenvalue weighted by Gasteiger charge is 2.31. The predicted molar refractivity (Wildman–Crippen MR) is 161 cm³/mol. The van der Waals surface area contributed by atoms with Gasteiger partial charge in [0.1, 0.15) is 12.7 Å². The molecule has 1 aromatic heterocycles. The number of hydrogen-bond donors (Lipinski definition) is 0. The molecule has 0 saturated carbocycles. The van der Waals surface area contributed by atoms with Crippen LogP contribution in [0, 0.1) is 0 Å². The van der Waals surface area contributed by atoms with E-state index < -0.39 is 6.15 Å². The summed E-state index contributed by atoms with van der Waals surface area (Å²) >= 11 is 0. The Morgan fingerprint density at radius 3 is 1.14 bits per heavy atom. The van der Waals surface area contributed by atoms with Gasteiger partial charge < -0.3 is 0 Å². The molecule has 5 aromatic rings. The molecular formula is C35H38BN. The van der Waals surface area contributed by atoms with Crippen LogP contribution in [0.2, 0.25) is 0 Å². The van der Waals surface area contributed by atoms with Crippen molar-refractivity contribution in [3.05, 3.63) is 151 Å². The van der Waals surface area contributed by atoms with E-state index in [2.05, 4.69) is 165 Å². The summed E-state index contributed by atoms with van der Waals surface area (Å²) < 4.78 is 2.33. The van der Waals surface area contributed by atoms with Crippen LogP contribution in [0.3, 0.4) is 0 Å². The summed E-state index contributed by atoms with van der Waals surface area (Å²) in [6.45, 7) is 7.71. The van der Waals surface area contributed by atoms with Gasteiger partial charge in [0.05, 0.1) is 0 Å². The highest BCUT2D eigenvalue weighted by atomic mass is 14.9. The Labute approximate surface area is 223 Å². The third-order valence-electron chi connectivity index (χ3n) is 7.54. The second-order valence-corrected chi connectivity index (χ2v) is 9.48. The fourth-order valence-electron chi connectivity index (χ4n) is 5.80. The molecule has 2 heteroatoms. The van der Waals surface area contributed by atoms with E-state index in [1.807, 2.05) is 0 Å². The first kappa shape index (κ1) is 26.2. The zero-order valence-corrected chi connectivity index (χ0v) is 22.4. The van der Waals surface area contributed by atoms with E-state index in [-0.39, 0.29) is 0 Å². The summed E-state index contributed by atoms with van der Waals surface area (Å²) in [4.78, 5) is 0. The Kier molecular flexibility index (Phi) is 9.11. The maximum atomic E-state index is 2.33. The molecule has 0 unspecified atom stereocenters. The fraction of sp³-hybridized carbons (Fsp3) is 0.171. The van der Waals surface area contributed by atoms with Crippen molar-refractivity contribution in [3.63, 3.8) is 0 Å². The smallest absolute Gasteiger partial charge is 0.184 e. The van der Waals surface area contributed by atoms with Gasteiger partial charge in [0.15, 0.2) is 11.9 Å². The second-order valence-electron chi connectivity index (χ2n) is 9.48. The average molecular weight is 484 g/mol. The van der Waals surface area contributed by atoms with E-state index >= 15 is 0 Å². The molecule has 0 aliphatic rings. The Bertz CT molecular complexity index is 1160. The van der Waals surface area contributed by atoms with Crippen LogP contribution >= 0.6 is 0 Å². The monoisotopic (exact) mass is 483 g/mol. The molecular weight excluding hydrogens is 445 g/mol. The lowest BCUT2D eigenvalue weighted by Gasteiger charge is -2.44. The first-order chi connectivity index (χ1) is 18.2. The molecule has 0 fully saturated rings. The van der Waals surface area contributed by atoms with E-state index in [0.717, 1.165) is 19.4 Å². The summed E-state index contributed by atoms with van der Waals surface area (Å²) in [6, 6.07) is 47.9. The first-order valence-electron chi connectivity index (χ1n) is 13.6. The summed E-state index contributed by atoms with van der Waals surface area (Å²) in [5.41, 5.74) is 8.33. The number of hydrogen-bond acceptors (Lipinski definition) is 0. The van der Waals surface area contributed by atoms with E-state index in [9.17, 15) is 0 Å². The van der Waals surface area contributed by atoms with Gasteiger partial charge in [-0.05, 0) is 19.4 Å². The molecule has 5 rings (SSSR count). The van der Waals surface area contributed by atoms with Crippen LogP contribution in [-0.2, 0) is 19.4 Å². The van der Waals surface area contributed by atoms with E-state index in [4.69, 9.17) is 0 Å². The molecule has 0 amide bonds. The third-order valence-corrected chi connectivity index (χ3v) is 7.54. The molecule has 186 valence electrons. The fourth-order valence-corrected chi connectivity index (χ4v) is 5.80. The Hall–Kier alpha value is -3.91. The minimum Gasteiger partial charge on any atom is -0.203 e. The molecule has 1 heterocycles. The van der Waals surface area contributed by atoms with Crippen LogP contribution in [-0.4, -0.2) is 6.15 Å². The van der Waals surface area contributed by atoms with Crippen molar-refractivity contribution in [1.29, 1.82) is 0 Å². The largest absolute Gasteiger partial charge is 0.203 e. The van der Waals surface area contributed by atoms with Gasteiger partial charge in [0, 0.05) is 18.1 Å². The van der Waals surface area contributed by atoms with Gasteiger partial charge in [0.2, 0.25) is 0 Å². The van der Waals surface area contributed by atoms with Crippen LogP contribution < -0.4 is 26.4 Å². The number of aromatic nitrogens is 1. The molecule has 1 nitrogen and oxygen atoms in total. The summed E-state index contributed by atoms with van der Waals surface area (Å²) in [7, 11) is 0. The topological polar surface area (TPSA) is 3.88 Å². The maximum Gasteiger partial charge on any atom is 0.184 e. The van der Waals surface area contributed by atoms with Crippen molar-refractivity contribution in [2.45, 2.75) is 40.2 Å². The molecule has 4 aromatic carbocycles. The average Bonchev–Trinajstić information content (AvgIpc) is 2.99. The molecule has 0 N–H and O–H groups in total. The van der Waals surface area contributed by atoms with Gasteiger partial charge in [-0.3, -0.25) is 0 Å². The maximum absolute atomic E-state index is 2.33. The Morgan fingerprint density at radius 1 is 0.459 bits per heavy atom. The molecule has 0 spiro atoms. The molecule has 0 aliphatic carbocycles. The van der Waals surface area contributed by atoms with Gasteiger partial charge in [-0.2, -0.15) is 21.9 Å². The molecule has 0 radical (unpaired) electrons. The minimum absolute atomic E-state index is 1.08. The van der Waals surface area contributed by atoms with Crippen molar-refractivity contribution in [2.75, 3.05) is 0 Å². The molecule has 0 saturated heterocycles. The number of nitrogens with zero attached hydrogens (tertiary/aromatic N) is 1. The molecule has 0 aliphatic heterocycles. The van der Waals surface area contributed by atoms with Crippen LogP contribution in [0.25, 0.3) is 0 Å². The number of pyridine rings is 1. The normalized spacial score (nSPS) is 10.9. The first-order valence-corrected chi connectivity index (χ1v) is 13.6. The summed E-state index contributed by atoms with van der Waals surface area (Å²) in [6.07, 6.45) is 3.23. The van der Waals surface area contributed by atoms with Crippen LogP contribution in [0.1, 0.15) is 32.0 Å². The van der Waals surface area contributed by atoms with E-state index in [1.165, 1.54) is 33.1 Å². The van der Waals surface area contributed by atoms with Crippen molar-refractivity contribution in [1.82, 2.24) is 0 Å². The summed E-state index contributed by atoms with van der Waals surface area (Å²) in [5.74, 6) is 0. The third kappa shape index (κ3) is 5.59. The lowest BCUT2D eigenvalue weighted by atomic mass is 9.13. The van der Waals surface area contributed by atoms with Gasteiger partial charge in [0.25, 0.3) is 0 Å². The van der Waals surface area contributed by atoms with Crippen LogP contribution in [0.5, 0.6) is 0 Å². The lowest BCUT2D eigenvalue weighted by Crippen LogP contribution is -2.74. The second kappa shape index (κ2) is 12.9. The molecule has 0 atom stereocenters. The van der Waals surface area contributed by atoms with Gasteiger partial charge in [-0.1, -0.05) is 135 Å². The van der Waals surface area contributed by atoms with Crippen molar-refractivity contribution in [3.8, 4) is 0 Å². The van der Waals surface area contributed by atoms with Gasteiger partial charge in [-0.25, -0.2) is 4.57 Å². The summed E-state index contributed by atoms with van der Waals surface area (Å²) in [5, 5.41) is 0. The van der Waals surface area contributed by atoms with E-state index in [1.54, 1.807) is 0 Å². The number of aryl methyl sites for hydroxylation is 2.